The summed E-state index contributed by atoms with van der Waals surface area (Å²) in [6.07, 6.45) is 2.40. The normalized spacial score (nSPS) is 22.3. The Morgan fingerprint density at radius 1 is 1.67 bits per heavy atom. The molecule has 1 aromatic rings. The molecule has 1 fully saturated rings. The topological polar surface area (TPSA) is 38.5 Å². The molecule has 2 atom stereocenters. The molecule has 2 unspecified atom stereocenters. The van der Waals surface area contributed by atoms with Crippen LogP contribution in [0, 0.1) is 5.92 Å². The maximum Gasteiger partial charge on any atom is 0.0509 e. The molecule has 1 aliphatic rings. The Morgan fingerprint density at radius 3 is 3.06 bits per heavy atom. The van der Waals surface area contributed by atoms with Crippen molar-refractivity contribution in [3.05, 3.63) is 20.8 Å². The van der Waals surface area contributed by atoms with Gasteiger partial charge in [-0.3, -0.25) is 4.90 Å². The number of nitrogens with zero attached hydrogens (tertiary/aromatic N) is 1. The summed E-state index contributed by atoms with van der Waals surface area (Å²) in [5.41, 5.74) is 5.96. The van der Waals surface area contributed by atoms with E-state index in [2.05, 4.69) is 39.3 Å². The minimum absolute atomic E-state index is 0.422. The molecule has 5 heteroatoms. The van der Waals surface area contributed by atoms with Crippen molar-refractivity contribution in [2.24, 2.45) is 11.7 Å². The molecule has 0 amide bonds. The summed E-state index contributed by atoms with van der Waals surface area (Å²) >= 11 is 5.29. The minimum Gasteiger partial charge on any atom is -0.381 e. The predicted molar refractivity (Wildman–Crippen MR) is 79.9 cm³/mol. The summed E-state index contributed by atoms with van der Waals surface area (Å²) in [4.78, 5) is 3.75. The molecular weight excluding hydrogens is 312 g/mol. The SMILES string of the molecule is CN(Cc1cc(Br)cs1)C(CN)C1CCCOC1. The zero-order valence-corrected chi connectivity index (χ0v) is 13.2. The van der Waals surface area contributed by atoms with Crippen molar-refractivity contribution >= 4 is 27.3 Å². The van der Waals surface area contributed by atoms with E-state index in [-0.39, 0.29) is 0 Å². The first-order chi connectivity index (χ1) is 8.70. The second-order valence-electron chi connectivity index (χ2n) is 4.93. The minimum atomic E-state index is 0.422. The largest absolute Gasteiger partial charge is 0.381 e. The second-order valence-corrected chi connectivity index (χ2v) is 6.84. The van der Waals surface area contributed by atoms with E-state index in [0.29, 0.717) is 18.5 Å². The first-order valence-corrected chi connectivity index (χ1v) is 8.09. The highest BCUT2D eigenvalue weighted by molar-refractivity contribution is 9.10. The van der Waals surface area contributed by atoms with Crippen molar-refractivity contribution in [1.29, 1.82) is 0 Å². The number of hydrogen-bond acceptors (Lipinski definition) is 4. The van der Waals surface area contributed by atoms with Gasteiger partial charge in [-0.2, -0.15) is 0 Å². The Hall–Kier alpha value is 0.0600. The Balaban J connectivity index is 1.93. The van der Waals surface area contributed by atoms with Crippen LogP contribution in [-0.4, -0.2) is 37.7 Å². The van der Waals surface area contributed by atoms with Gasteiger partial charge in [-0.05, 0) is 47.8 Å². The van der Waals surface area contributed by atoms with Crippen molar-refractivity contribution in [3.63, 3.8) is 0 Å². The molecule has 0 spiro atoms. The number of nitrogens with two attached hydrogens (primary N) is 1. The number of halogens is 1. The van der Waals surface area contributed by atoms with Crippen LogP contribution in [0.2, 0.25) is 0 Å². The molecule has 2 heterocycles. The summed E-state index contributed by atoms with van der Waals surface area (Å²) in [6.45, 7) is 3.45. The first-order valence-electron chi connectivity index (χ1n) is 6.41. The van der Waals surface area contributed by atoms with Gasteiger partial charge in [0.05, 0.1) is 6.61 Å². The summed E-state index contributed by atoms with van der Waals surface area (Å²) in [5, 5.41) is 2.13. The van der Waals surface area contributed by atoms with Crippen molar-refractivity contribution in [2.75, 3.05) is 26.8 Å². The standard InChI is InChI=1S/C13H21BrN2OS/c1-16(7-12-5-11(14)9-18-12)13(6-15)10-3-2-4-17-8-10/h5,9-10,13H,2-4,6-8,15H2,1H3. The molecule has 0 saturated carbocycles. The molecule has 102 valence electrons. The van der Waals surface area contributed by atoms with Gasteiger partial charge in [-0.15, -0.1) is 11.3 Å². The molecule has 0 aromatic carbocycles. The molecule has 1 aromatic heterocycles. The quantitative estimate of drug-likeness (QED) is 0.900. The third-order valence-corrected chi connectivity index (χ3v) is 5.26. The molecule has 0 radical (unpaired) electrons. The maximum atomic E-state index is 5.96. The van der Waals surface area contributed by atoms with E-state index < -0.39 is 0 Å². The highest BCUT2D eigenvalue weighted by Crippen LogP contribution is 2.25. The van der Waals surface area contributed by atoms with E-state index in [0.717, 1.165) is 19.8 Å². The highest BCUT2D eigenvalue weighted by atomic mass is 79.9. The average molecular weight is 333 g/mol. The van der Waals surface area contributed by atoms with Gasteiger partial charge in [-0.1, -0.05) is 0 Å². The van der Waals surface area contributed by atoms with Gasteiger partial charge in [0.2, 0.25) is 0 Å². The Kier molecular flexibility index (Phi) is 5.63. The van der Waals surface area contributed by atoms with Gasteiger partial charge in [0.25, 0.3) is 0 Å². The number of likely N-dealkylation sites (N-methyl/N-ethyl adjacent to an activating group) is 1. The lowest BCUT2D eigenvalue weighted by Gasteiger charge is -2.35. The molecular formula is C13H21BrN2OS. The second kappa shape index (κ2) is 7.01. The van der Waals surface area contributed by atoms with Crippen LogP contribution in [0.15, 0.2) is 15.9 Å². The lowest BCUT2D eigenvalue weighted by atomic mass is 9.92. The van der Waals surface area contributed by atoms with E-state index in [1.165, 1.54) is 22.2 Å². The van der Waals surface area contributed by atoms with Gasteiger partial charge in [-0.25, -0.2) is 0 Å². The number of thiophene rings is 1. The predicted octanol–water partition coefficient (Wildman–Crippen LogP) is 2.70. The van der Waals surface area contributed by atoms with Crippen LogP contribution < -0.4 is 5.73 Å². The van der Waals surface area contributed by atoms with Crippen LogP contribution in [0.3, 0.4) is 0 Å². The van der Waals surface area contributed by atoms with Crippen molar-refractivity contribution in [2.45, 2.75) is 25.4 Å². The Labute approximate surface area is 121 Å². The first kappa shape index (κ1) is 14.5. The van der Waals surface area contributed by atoms with Crippen LogP contribution in [-0.2, 0) is 11.3 Å². The monoisotopic (exact) mass is 332 g/mol. The Bertz CT molecular complexity index is 366. The molecule has 2 N–H and O–H groups in total. The third-order valence-electron chi connectivity index (χ3n) is 3.57. The summed E-state index contributed by atoms with van der Waals surface area (Å²) < 4.78 is 6.75. The van der Waals surface area contributed by atoms with Gasteiger partial charge in [0.1, 0.15) is 0 Å². The number of ether oxygens (including phenoxy) is 1. The lowest BCUT2D eigenvalue weighted by Crippen LogP contribution is -2.45. The Morgan fingerprint density at radius 2 is 2.50 bits per heavy atom. The lowest BCUT2D eigenvalue weighted by molar-refractivity contribution is 0.0158. The average Bonchev–Trinajstić information content (AvgIpc) is 2.77. The van der Waals surface area contributed by atoms with Crippen molar-refractivity contribution in [1.82, 2.24) is 4.90 Å². The van der Waals surface area contributed by atoms with E-state index >= 15 is 0 Å². The summed E-state index contributed by atoms with van der Waals surface area (Å²) in [5.74, 6) is 0.581. The number of hydrogen-bond donors (Lipinski definition) is 1. The molecule has 2 rings (SSSR count). The summed E-state index contributed by atoms with van der Waals surface area (Å²) in [6, 6.07) is 2.61. The summed E-state index contributed by atoms with van der Waals surface area (Å²) in [7, 11) is 2.17. The molecule has 0 bridgehead atoms. The zero-order chi connectivity index (χ0) is 13.0. The van der Waals surface area contributed by atoms with Crippen LogP contribution in [0.1, 0.15) is 17.7 Å². The highest BCUT2D eigenvalue weighted by Gasteiger charge is 2.26. The van der Waals surface area contributed by atoms with Crippen LogP contribution in [0.5, 0.6) is 0 Å². The van der Waals surface area contributed by atoms with Crippen molar-refractivity contribution < 1.29 is 4.74 Å². The fraction of sp³-hybridized carbons (Fsp3) is 0.692. The van der Waals surface area contributed by atoms with Gasteiger partial charge < -0.3 is 10.5 Å². The van der Waals surface area contributed by atoms with Crippen LogP contribution in [0.4, 0.5) is 0 Å². The van der Waals surface area contributed by atoms with Crippen LogP contribution in [0.25, 0.3) is 0 Å². The van der Waals surface area contributed by atoms with Gasteiger partial charge >= 0.3 is 0 Å². The zero-order valence-electron chi connectivity index (χ0n) is 10.8. The van der Waals surface area contributed by atoms with Gasteiger partial charge in [0, 0.05) is 40.5 Å². The van der Waals surface area contributed by atoms with Crippen LogP contribution >= 0.6 is 27.3 Å². The van der Waals surface area contributed by atoms with E-state index in [4.69, 9.17) is 10.5 Å². The smallest absolute Gasteiger partial charge is 0.0509 e. The fourth-order valence-electron chi connectivity index (χ4n) is 2.60. The van der Waals surface area contributed by atoms with Gasteiger partial charge in [0.15, 0.2) is 0 Å². The van der Waals surface area contributed by atoms with E-state index in [9.17, 15) is 0 Å². The number of rotatable bonds is 5. The molecule has 1 saturated heterocycles. The van der Waals surface area contributed by atoms with E-state index in [1.807, 2.05) is 0 Å². The fourth-order valence-corrected chi connectivity index (χ4v) is 4.11. The van der Waals surface area contributed by atoms with Crippen molar-refractivity contribution in [3.8, 4) is 0 Å². The molecule has 3 nitrogen and oxygen atoms in total. The molecule has 1 aliphatic heterocycles. The molecule has 0 aliphatic carbocycles. The molecule has 18 heavy (non-hydrogen) atoms. The maximum absolute atomic E-state index is 5.96. The van der Waals surface area contributed by atoms with E-state index in [1.54, 1.807) is 11.3 Å². The third kappa shape index (κ3) is 3.78.